The Morgan fingerprint density at radius 1 is 1.03 bits per heavy atom. The molecule has 0 unspecified atom stereocenters. The number of carboxylic acid groups (broad SMARTS) is 1. The van der Waals surface area contributed by atoms with Gasteiger partial charge in [-0.1, -0.05) is 42.5 Å². The Hall–Kier alpha value is -1.94. The first kappa shape index (κ1) is 23.7. The van der Waals surface area contributed by atoms with Crippen molar-refractivity contribution in [3.05, 3.63) is 70.3 Å². The van der Waals surface area contributed by atoms with Crippen molar-refractivity contribution < 1.29 is 34.7 Å². The minimum absolute atomic E-state index is 0.239. The van der Waals surface area contributed by atoms with E-state index in [2.05, 4.69) is 0 Å². The Morgan fingerprint density at radius 3 is 2.35 bits per heavy atom. The summed E-state index contributed by atoms with van der Waals surface area (Å²) in [6, 6.07) is 13.6. The fraction of sp³-hybridized carbons (Fsp3) is 0.435. The Kier molecular flexibility index (Phi) is 8.10. The van der Waals surface area contributed by atoms with E-state index in [0.717, 1.165) is 27.8 Å². The molecule has 0 saturated carbocycles. The van der Waals surface area contributed by atoms with Gasteiger partial charge in [0.1, 0.15) is 36.5 Å². The van der Waals surface area contributed by atoms with E-state index >= 15 is 0 Å². The third-order valence-electron chi connectivity index (χ3n) is 5.42. The zero-order valence-corrected chi connectivity index (χ0v) is 18.3. The first-order valence-electron chi connectivity index (χ1n) is 9.99. The molecule has 0 spiro atoms. The highest BCUT2D eigenvalue weighted by molar-refractivity contribution is 7.99. The number of carbonyl (C=O) groups is 1. The van der Waals surface area contributed by atoms with E-state index < -0.39 is 35.8 Å². The molecule has 1 aliphatic heterocycles. The monoisotopic (exact) mass is 448 g/mol. The van der Waals surface area contributed by atoms with Gasteiger partial charge >= 0.3 is 5.97 Å². The first-order valence-corrected chi connectivity index (χ1v) is 11.3. The molecule has 168 valence electrons. The summed E-state index contributed by atoms with van der Waals surface area (Å²) >= 11 is 1.29. The molecule has 0 amide bonds. The van der Waals surface area contributed by atoms with Crippen molar-refractivity contribution >= 4 is 17.7 Å². The number of benzene rings is 2. The molecule has 5 atom stereocenters. The van der Waals surface area contributed by atoms with Gasteiger partial charge in [0, 0.05) is 0 Å². The van der Waals surface area contributed by atoms with E-state index in [4.69, 9.17) is 14.6 Å². The molecule has 1 heterocycles. The standard InChI is InChI=1S/C23H28O7S/c1-13-3-8-16(22-20(27)19(26)21(28)23(30-22)31-2)10-17(13)9-14-4-6-15(7-5-14)11-29-12-18(24)25/h3-8,10,19-23,26-28H,9,11-12H2,1-2H3,(H,24,25)/t19-,20-,21+,22+,23-/m1/s1. The quantitative estimate of drug-likeness (QED) is 0.485. The van der Waals surface area contributed by atoms with Crippen molar-refractivity contribution in [2.75, 3.05) is 12.9 Å². The van der Waals surface area contributed by atoms with Crippen LogP contribution in [0, 0.1) is 6.92 Å². The van der Waals surface area contributed by atoms with E-state index in [0.29, 0.717) is 6.42 Å². The van der Waals surface area contributed by atoms with Crippen LogP contribution in [0.2, 0.25) is 0 Å². The highest BCUT2D eigenvalue weighted by Crippen LogP contribution is 2.36. The molecule has 3 rings (SSSR count). The zero-order chi connectivity index (χ0) is 22.5. The Labute approximate surface area is 185 Å². The molecule has 0 bridgehead atoms. The van der Waals surface area contributed by atoms with Gasteiger partial charge in [-0.3, -0.25) is 0 Å². The minimum atomic E-state index is -1.28. The van der Waals surface area contributed by atoms with Crippen LogP contribution >= 0.6 is 11.8 Å². The lowest BCUT2D eigenvalue weighted by Crippen LogP contribution is -2.52. The molecule has 4 N–H and O–H groups in total. The van der Waals surface area contributed by atoms with Crippen LogP contribution in [0.5, 0.6) is 0 Å². The lowest BCUT2D eigenvalue weighted by Gasteiger charge is -2.40. The smallest absolute Gasteiger partial charge is 0.329 e. The second kappa shape index (κ2) is 10.6. The van der Waals surface area contributed by atoms with E-state index in [1.807, 2.05) is 49.4 Å². The average molecular weight is 449 g/mol. The summed E-state index contributed by atoms with van der Waals surface area (Å²) in [4.78, 5) is 10.5. The van der Waals surface area contributed by atoms with Gasteiger partial charge in [-0.15, -0.1) is 11.8 Å². The van der Waals surface area contributed by atoms with Crippen LogP contribution in [-0.4, -0.2) is 63.0 Å². The van der Waals surface area contributed by atoms with Crippen LogP contribution in [0.3, 0.4) is 0 Å². The second-order valence-electron chi connectivity index (χ2n) is 7.70. The maximum absolute atomic E-state index is 10.5. The normalized spacial score (nSPS) is 26.0. The van der Waals surface area contributed by atoms with Gasteiger partial charge < -0.3 is 29.9 Å². The van der Waals surface area contributed by atoms with E-state index in [9.17, 15) is 20.1 Å². The number of carboxylic acids is 1. The van der Waals surface area contributed by atoms with E-state index in [-0.39, 0.29) is 13.2 Å². The number of aliphatic hydroxyl groups is 3. The van der Waals surface area contributed by atoms with Crippen LogP contribution in [0.15, 0.2) is 42.5 Å². The van der Waals surface area contributed by atoms with E-state index in [1.165, 1.54) is 11.8 Å². The number of ether oxygens (including phenoxy) is 2. The van der Waals surface area contributed by atoms with Crippen LogP contribution in [-0.2, 0) is 27.3 Å². The number of aliphatic carboxylic acids is 1. The summed E-state index contributed by atoms with van der Waals surface area (Å²) < 4.78 is 11.0. The van der Waals surface area contributed by atoms with Gasteiger partial charge in [-0.05, 0) is 47.4 Å². The predicted octanol–water partition coefficient (Wildman–Crippen LogP) is 2.03. The molecule has 2 aromatic carbocycles. The summed E-state index contributed by atoms with van der Waals surface area (Å²) in [5.41, 5.74) is 4.24. The molecule has 1 aliphatic rings. The molecular weight excluding hydrogens is 420 g/mol. The highest BCUT2D eigenvalue weighted by Gasteiger charge is 2.44. The van der Waals surface area contributed by atoms with Crippen molar-refractivity contribution in [1.82, 2.24) is 0 Å². The predicted molar refractivity (Wildman–Crippen MR) is 117 cm³/mol. The molecule has 0 aliphatic carbocycles. The number of hydrogen-bond acceptors (Lipinski definition) is 7. The van der Waals surface area contributed by atoms with Crippen molar-refractivity contribution in [3.8, 4) is 0 Å². The molecule has 1 fully saturated rings. The Bertz CT molecular complexity index is 884. The molecule has 1 saturated heterocycles. The van der Waals surface area contributed by atoms with Crippen LogP contribution in [0.25, 0.3) is 0 Å². The summed E-state index contributed by atoms with van der Waals surface area (Å²) in [7, 11) is 0. The topological polar surface area (TPSA) is 116 Å². The second-order valence-corrected chi connectivity index (χ2v) is 8.63. The van der Waals surface area contributed by atoms with Gasteiger partial charge in [0.15, 0.2) is 0 Å². The van der Waals surface area contributed by atoms with Gasteiger partial charge in [0.05, 0.1) is 6.61 Å². The molecule has 8 heteroatoms. The third-order valence-corrected chi connectivity index (χ3v) is 6.27. The lowest BCUT2D eigenvalue weighted by molar-refractivity contribution is -0.200. The highest BCUT2D eigenvalue weighted by atomic mass is 32.2. The van der Waals surface area contributed by atoms with Gasteiger partial charge in [0.25, 0.3) is 0 Å². The number of aryl methyl sites for hydroxylation is 1. The Balaban J connectivity index is 1.73. The minimum Gasteiger partial charge on any atom is -0.480 e. The lowest BCUT2D eigenvalue weighted by atomic mass is 9.91. The molecule has 2 aromatic rings. The van der Waals surface area contributed by atoms with Crippen LogP contribution < -0.4 is 0 Å². The maximum atomic E-state index is 10.5. The van der Waals surface area contributed by atoms with Gasteiger partial charge in [0.2, 0.25) is 0 Å². The van der Waals surface area contributed by atoms with Crippen molar-refractivity contribution in [1.29, 1.82) is 0 Å². The van der Waals surface area contributed by atoms with Gasteiger partial charge in [-0.2, -0.15) is 0 Å². The molecule has 0 aromatic heterocycles. The Morgan fingerprint density at radius 2 is 1.71 bits per heavy atom. The van der Waals surface area contributed by atoms with Gasteiger partial charge in [-0.25, -0.2) is 4.79 Å². The van der Waals surface area contributed by atoms with Crippen LogP contribution in [0.4, 0.5) is 0 Å². The van der Waals surface area contributed by atoms with Crippen molar-refractivity contribution in [2.45, 2.75) is 49.8 Å². The summed E-state index contributed by atoms with van der Waals surface area (Å²) in [5.74, 6) is -0.995. The molecule has 31 heavy (non-hydrogen) atoms. The largest absolute Gasteiger partial charge is 0.480 e. The first-order chi connectivity index (χ1) is 14.8. The number of hydrogen-bond donors (Lipinski definition) is 4. The zero-order valence-electron chi connectivity index (χ0n) is 17.5. The number of thioether (sulfide) groups is 1. The fourth-order valence-electron chi connectivity index (χ4n) is 3.61. The summed E-state index contributed by atoms with van der Waals surface area (Å²) in [6.07, 6.45) is -1.94. The molecule has 7 nitrogen and oxygen atoms in total. The summed E-state index contributed by atoms with van der Waals surface area (Å²) in [6.45, 7) is 1.92. The SMILES string of the molecule is CS[C@H]1O[C@@H](c2ccc(C)c(Cc3ccc(COCC(=O)O)cc3)c2)[C@H](O)[C@@H](O)[C@@H]1O. The number of aliphatic hydroxyl groups excluding tert-OH is 3. The van der Waals surface area contributed by atoms with Crippen molar-refractivity contribution in [3.63, 3.8) is 0 Å². The molecular formula is C23H28O7S. The van der Waals surface area contributed by atoms with E-state index in [1.54, 1.807) is 6.26 Å². The summed E-state index contributed by atoms with van der Waals surface area (Å²) in [5, 5.41) is 39.4. The average Bonchev–Trinajstić information content (AvgIpc) is 2.75. The molecule has 0 radical (unpaired) electrons. The maximum Gasteiger partial charge on any atom is 0.329 e. The van der Waals surface area contributed by atoms with Crippen molar-refractivity contribution in [2.24, 2.45) is 0 Å². The van der Waals surface area contributed by atoms with Crippen LogP contribution in [0.1, 0.15) is 33.9 Å². The fourth-order valence-corrected chi connectivity index (χ4v) is 4.28. The third kappa shape index (κ3) is 5.85. The number of rotatable bonds is 8.